The monoisotopic (exact) mass is 186 g/mol. The number of ether oxygens (including phenoxy) is 2. The molecule has 1 heterocycles. The molecule has 1 rings (SSSR count). The van der Waals surface area contributed by atoms with E-state index in [0.717, 1.165) is 0 Å². The van der Waals surface area contributed by atoms with Crippen LogP contribution in [0.2, 0.25) is 0 Å². The van der Waals surface area contributed by atoms with Crippen LogP contribution in [0.5, 0.6) is 0 Å². The van der Waals surface area contributed by atoms with E-state index in [1.165, 1.54) is 12.5 Å². The van der Waals surface area contributed by atoms with Gasteiger partial charge < -0.3 is 14.0 Å². The zero-order valence-corrected chi connectivity index (χ0v) is 7.41. The van der Waals surface area contributed by atoms with E-state index in [0.29, 0.717) is 0 Å². The minimum absolute atomic E-state index is 0. The summed E-state index contributed by atoms with van der Waals surface area (Å²) in [5.41, 5.74) is 0. The van der Waals surface area contributed by atoms with Crippen molar-refractivity contribution >= 4 is 10.1 Å². The molecule has 0 aromatic carbocycles. The van der Waals surface area contributed by atoms with Crippen LogP contribution in [0, 0.1) is 0 Å². The zero-order chi connectivity index (χ0) is 8.32. The molecule has 0 amide bonds. The minimum atomic E-state index is -4.15. The molecule has 0 unspecified atom stereocenters. The first-order chi connectivity index (χ1) is 5.08. The molecule has 5 nitrogen and oxygen atoms in total. The van der Waals surface area contributed by atoms with Gasteiger partial charge in [0.15, 0.2) is 0 Å². The third-order valence-corrected chi connectivity index (χ3v) is 1.86. The van der Waals surface area contributed by atoms with Gasteiger partial charge in [-0.25, -0.2) is 8.42 Å². The summed E-state index contributed by atoms with van der Waals surface area (Å²) >= 11 is 0. The smallest absolute Gasteiger partial charge is 0.748 e. The molecule has 1 aliphatic rings. The third-order valence-electron chi connectivity index (χ3n) is 1.12. The van der Waals surface area contributed by atoms with E-state index >= 15 is 0 Å². The molecule has 1 aliphatic heterocycles. The van der Waals surface area contributed by atoms with Crippen LogP contribution < -0.4 is 18.9 Å². The maximum absolute atomic E-state index is 10.1. The van der Waals surface area contributed by atoms with Gasteiger partial charge in [-0.2, -0.15) is 0 Å². The molecule has 0 spiro atoms. The Labute approximate surface area is 82.7 Å². The summed E-state index contributed by atoms with van der Waals surface area (Å²) < 4.78 is 39.8. The molecule has 0 aliphatic carbocycles. The molecule has 0 radical (unpaired) electrons. The summed E-state index contributed by atoms with van der Waals surface area (Å²) in [7, 11) is -4.15. The van der Waals surface area contributed by atoms with E-state index < -0.39 is 22.2 Å². The van der Waals surface area contributed by atoms with Gasteiger partial charge in [0.05, 0.1) is 10.1 Å². The fraction of sp³-hybridized carbons (Fsp3) is 0.600. The Morgan fingerprint density at radius 3 is 2.25 bits per heavy atom. The molecule has 0 fully saturated rings. The summed E-state index contributed by atoms with van der Waals surface area (Å²) in [6.45, 7) is 0. The van der Waals surface area contributed by atoms with E-state index in [4.69, 9.17) is 9.47 Å². The average Bonchev–Trinajstić information content (AvgIpc) is 2.32. The fourth-order valence-corrected chi connectivity index (χ4v) is 1.13. The van der Waals surface area contributed by atoms with Gasteiger partial charge >= 0.3 is 18.9 Å². The Bertz CT molecular complexity index is 239. The number of rotatable bonds is 3. The van der Waals surface area contributed by atoms with E-state index in [1.807, 2.05) is 0 Å². The van der Waals surface area contributed by atoms with E-state index in [-0.39, 0.29) is 25.3 Å². The van der Waals surface area contributed by atoms with Crippen molar-refractivity contribution in [3.05, 3.63) is 12.5 Å². The largest absolute Gasteiger partial charge is 1.00 e. The van der Waals surface area contributed by atoms with Crippen LogP contribution >= 0.6 is 0 Å². The quantitative estimate of drug-likeness (QED) is 0.342. The third kappa shape index (κ3) is 4.67. The van der Waals surface area contributed by atoms with Crippen LogP contribution in [0.15, 0.2) is 12.5 Å². The Balaban J connectivity index is 0.00000121. The van der Waals surface area contributed by atoms with Gasteiger partial charge in [0.1, 0.15) is 12.5 Å². The summed E-state index contributed by atoms with van der Waals surface area (Å²) in [5, 5.41) is 0. The van der Waals surface area contributed by atoms with Gasteiger partial charge in [-0.3, -0.25) is 0 Å². The molecule has 64 valence electrons. The van der Waals surface area contributed by atoms with Crippen molar-refractivity contribution in [2.24, 2.45) is 0 Å². The van der Waals surface area contributed by atoms with Crippen LogP contribution in [0.4, 0.5) is 0 Å². The Kier molecular flexibility index (Phi) is 4.71. The molecular formula is C5H7LiO5S. The first kappa shape index (κ1) is 11.8. The second kappa shape index (κ2) is 4.77. The summed E-state index contributed by atoms with van der Waals surface area (Å²) in [6, 6.07) is 0. The SMILES string of the molecule is O=S(=O)([O-])CCC1OC=CO1.[Li+]. The maximum Gasteiger partial charge on any atom is 1.00 e. The van der Waals surface area contributed by atoms with Gasteiger partial charge in [-0.05, 0) is 0 Å². The van der Waals surface area contributed by atoms with Crippen LogP contribution in [-0.2, 0) is 19.6 Å². The molecule has 0 saturated carbocycles. The molecular weight excluding hydrogens is 179 g/mol. The topological polar surface area (TPSA) is 75.7 Å². The van der Waals surface area contributed by atoms with Crippen molar-refractivity contribution in [3.8, 4) is 0 Å². The van der Waals surface area contributed by atoms with Gasteiger partial charge in [-0.15, -0.1) is 0 Å². The summed E-state index contributed by atoms with van der Waals surface area (Å²) in [4.78, 5) is 0. The maximum atomic E-state index is 10.1. The van der Waals surface area contributed by atoms with Crippen molar-refractivity contribution < 1.29 is 41.3 Å². The molecule has 0 aromatic rings. The molecule has 0 N–H and O–H groups in total. The normalized spacial score (nSPS) is 16.4. The number of hydrogen-bond donors (Lipinski definition) is 0. The minimum Gasteiger partial charge on any atom is -0.748 e. The predicted molar refractivity (Wildman–Crippen MR) is 34.3 cm³/mol. The van der Waals surface area contributed by atoms with Crippen molar-refractivity contribution in [3.63, 3.8) is 0 Å². The van der Waals surface area contributed by atoms with Crippen LogP contribution in [0.3, 0.4) is 0 Å². The van der Waals surface area contributed by atoms with E-state index in [9.17, 15) is 13.0 Å². The second-order valence-corrected chi connectivity index (χ2v) is 3.55. The molecule has 0 atom stereocenters. The fourth-order valence-electron chi connectivity index (χ4n) is 0.648. The van der Waals surface area contributed by atoms with Gasteiger partial charge in [-0.1, -0.05) is 0 Å². The number of hydrogen-bond acceptors (Lipinski definition) is 5. The Morgan fingerprint density at radius 2 is 1.83 bits per heavy atom. The van der Waals surface area contributed by atoms with Gasteiger partial charge in [0, 0.05) is 12.2 Å². The summed E-state index contributed by atoms with van der Waals surface area (Å²) in [5.74, 6) is -0.459. The average molecular weight is 186 g/mol. The predicted octanol–water partition coefficient (Wildman–Crippen LogP) is -3.23. The Hall–Kier alpha value is -0.153. The van der Waals surface area contributed by atoms with Crippen molar-refractivity contribution in [2.75, 3.05) is 5.75 Å². The van der Waals surface area contributed by atoms with E-state index in [1.54, 1.807) is 0 Å². The van der Waals surface area contributed by atoms with Crippen molar-refractivity contribution in [1.29, 1.82) is 0 Å². The summed E-state index contributed by atoms with van der Waals surface area (Å²) in [6.07, 6.45) is 2.07. The standard InChI is InChI=1S/C5H8O5S.Li/c6-11(7,8)4-1-5-9-2-3-10-5;/h2-3,5H,1,4H2,(H,6,7,8);/q;+1/p-1. The molecule has 7 heteroatoms. The first-order valence-electron chi connectivity index (χ1n) is 2.97. The van der Waals surface area contributed by atoms with Crippen molar-refractivity contribution in [2.45, 2.75) is 12.7 Å². The van der Waals surface area contributed by atoms with Crippen molar-refractivity contribution in [1.82, 2.24) is 0 Å². The zero-order valence-electron chi connectivity index (χ0n) is 6.60. The molecule has 0 saturated heterocycles. The van der Waals surface area contributed by atoms with Crippen LogP contribution in [0.25, 0.3) is 0 Å². The molecule has 0 bridgehead atoms. The van der Waals surface area contributed by atoms with E-state index in [2.05, 4.69) is 0 Å². The first-order valence-corrected chi connectivity index (χ1v) is 4.55. The second-order valence-electron chi connectivity index (χ2n) is 2.02. The van der Waals surface area contributed by atoms with Crippen LogP contribution in [0.1, 0.15) is 6.42 Å². The molecule has 0 aromatic heterocycles. The van der Waals surface area contributed by atoms with Gasteiger partial charge in [0.25, 0.3) is 0 Å². The van der Waals surface area contributed by atoms with Crippen LogP contribution in [-0.4, -0.2) is 25.0 Å². The Morgan fingerprint density at radius 1 is 1.33 bits per heavy atom. The van der Waals surface area contributed by atoms with Gasteiger partial charge in [0.2, 0.25) is 6.29 Å². The molecule has 12 heavy (non-hydrogen) atoms.